The largest absolute Gasteiger partial charge is 0.481 e. The van der Waals surface area contributed by atoms with Gasteiger partial charge in [0.2, 0.25) is 5.88 Å². The highest BCUT2D eigenvalue weighted by Gasteiger charge is 1.96. The summed E-state index contributed by atoms with van der Waals surface area (Å²) >= 11 is 0. The molecule has 0 saturated heterocycles. The molecule has 1 heterocycles. The topological polar surface area (TPSA) is 48.1 Å². The van der Waals surface area contributed by atoms with Crippen LogP contribution in [0.15, 0.2) is 24.4 Å². The lowest BCUT2D eigenvalue weighted by Gasteiger charge is -2.00. The highest BCUT2D eigenvalue weighted by molar-refractivity contribution is 5.85. The standard InChI is InChI=1S/C9H12N2O.2ClH/c1-12-9-8(4-2-6-10)5-3-7-11-9;;/h2-5,7H,6,10H2,1H3;2*1H/b4-2+;;. The van der Waals surface area contributed by atoms with E-state index in [0.29, 0.717) is 12.4 Å². The number of methoxy groups -OCH3 is 1. The monoisotopic (exact) mass is 236 g/mol. The van der Waals surface area contributed by atoms with Gasteiger partial charge in [-0.2, -0.15) is 0 Å². The summed E-state index contributed by atoms with van der Waals surface area (Å²) in [5.74, 6) is 0.627. The molecule has 0 spiro atoms. The van der Waals surface area contributed by atoms with E-state index in [1.54, 1.807) is 13.3 Å². The SMILES string of the molecule is COc1ncccc1/C=C/CN.Cl.Cl. The van der Waals surface area contributed by atoms with Gasteiger partial charge in [-0.05, 0) is 12.1 Å². The van der Waals surface area contributed by atoms with E-state index >= 15 is 0 Å². The summed E-state index contributed by atoms with van der Waals surface area (Å²) in [6.07, 6.45) is 5.45. The summed E-state index contributed by atoms with van der Waals surface area (Å²) in [4.78, 5) is 4.04. The molecule has 0 amide bonds. The van der Waals surface area contributed by atoms with Crippen molar-refractivity contribution in [3.05, 3.63) is 30.0 Å². The Morgan fingerprint density at radius 1 is 1.50 bits per heavy atom. The van der Waals surface area contributed by atoms with Crippen molar-refractivity contribution in [1.29, 1.82) is 0 Å². The van der Waals surface area contributed by atoms with Gasteiger partial charge in [0.15, 0.2) is 0 Å². The van der Waals surface area contributed by atoms with Crippen LogP contribution in [0.25, 0.3) is 6.08 Å². The third-order valence-corrected chi connectivity index (χ3v) is 1.43. The molecule has 0 aromatic carbocycles. The zero-order valence-corrected chi connectivity index (χ0v) is 9.48. The van der Waals surface area contributed by atoms with Gasteiger partial charge in [0, 0.05) is 18.3 Å². The molecule has 0 bridgehead atoms. The predicted molar refractivity (Wildman–Crippen MR) is 63.4 cm³/mol. The fourth-order valence-corrected chi connectivity index (χ4v) is 0.896. The van der Waals surface area contributed by atoms with Gasteiger partial charge in [-0.25, -0.2) is 4.98 Å². The van der Waals surface area contributed by atoms with Crippen LogP contribution in [0.5, 0.6) is 5.88 Å². The minimum Gasteiger partial charge on any atom is -0.481 e. The number of hydrogen-bond donors (Lipinski definition) is 1. The first kappa shape index (κ1) is 15.7. The molecule has 0 aliphatic rings. The Kier molecular flexibility index (Phi) is 9.88. The number of halogens is 2. The maximum absolute atomic E-state index is 5.32. The summed E-state index contributed by atoms with van der Waals surface area (Å²) in [6, 6.07) is 3.79. The van der Waals surface area contributed by atoms with Crippen molar-refractivity contribution in [2.75, 3.05) is 13.7 Å². The van der Waals surface area contributed by atoms with Crippen LogP contribution in [0.4, 0.5) is 0 Å². The van der Waals surface area contributed by atoms with Gasteiger partial charge in [-0.15, -0.1) is 24.8 Å². The molecular formula is C9H14Cl2N2O. The summed E-state index contributed by atoms with van der Waals surface area (Å²) in [5.41, 5.74) is 6.27. The number of pyridine rings is 1. The number of hydrogen-bond acceptors (Lipinski definition) is 3. The third kappa shape index (κ3) is 4.46. The quantitative estimate of drug-likeness (QED) is 0.873. The molecule has 0 radical (unpaired) electrons. The van der Waals surface area contributed by atoms with Crippen LogP contribution < -0.4 is 10.5 Å². The molecule has 80 valence electrons. The predicted octanol–water partition coefficient (Wildman–Crippen LogP) is 1.91. The van der Waals surface area contributed by atoms with Gasteiger partial charge < -0.3 is 10.5 Å². The third-order valence-electron chi connectivity index (χ3n) is 1.43. The van der Waals surface area contributed by atoms with Crippen molar-refractivity contribution < 1.29 is 4.74 Å². The molecule has 0 aliphatic heterocycles. The first-order valence-corrected chi connectivity index (χ1v) is 3.74. The second kappa shape index (κ2) is 8.81. The highest BCUT2D eigenvalue weighted by Crippen LogP contribution is 2.14. The number of ether oxygens (including phenoxy) is 1. The Morgan fingerprint density at radius 3 is 2.79 bits per heavy atom. The van der Waals surface area contributed by atoms with Crippen molar-refractivity contribution in [3.63, 3.8) is 0 Å². The lowest BCUT2D eigenvalue weighted by molar-refractivity contribution is 0.397. The van der Waals surface area contributed by atoms with Crippen LogP contribution in [0.1, 0.15) is 5.56 Å². The normalized spacial score (nSPS) is 9.00. The van der Waals surface area contributed by atoms with Crippen molar-refractivity contribution in [3.8, 4) is 5.88 Å². The van der Waals surface area contributed by atoms with Gasteiger partial charge in [-0.3, -0.25) is 0 Å². The second-order valence-corrected chi connectivity index (χ2v) is 2.24. The van der Waals surface area contributed by atoms with Crippen molar-refractivity contribution in [2.24, 2.45) is 5.73 Å². The average Bonchev–Trinajstić information content (AvgIpc) is 2.15. The molecule has 0 atom stereocenters. The molecule has 5 heteroatoms. The Morgan fingerprint density at radius 2 is 2.21 bits per heavy atom. The Hall–Kier alpha value is -0.770. The van der Waals surface area contributed by atoms with E-state index in [9.17, 15) is 0 Å². The molecule has 1 aromatic rings. The number of nitrogens with two attached hydrogens (primary N) is 1. The first-order chi connectivity index (χ1) is 5.88. The minimum atomic E-state index is 0. The molecule has 0 unspecified atom stereocenters. The molecule has 14 heavy (non-hydrogen) atoms. The van der Waals surface area contributed by atoms with E-state index in [1.165, 1.54) is 0 Å². The lowest BCUT2D eigenvalue weighted by atomic mass is 10.2. The van der Waals surface area contributed by atoms with Crippen molar-refractivity contribution in [2.45, 2.75) is 0 Å². The summed E-state index contributed by atoms with van der Waals surface area (Å²) in [7, 11) is 1.60. The van der Waals surface area contributed by atoms with Crippen molar-refractivity contribution >= 4 is 30.9 Å². The molecule has 0 saturated carbocycles. The fraction of sp³-hybridized carbons (Fsp3) is 0.222. The average molecular weight is 237 g/mol. The minimum absolute atomic E-state index is 0. The Labute approximate surface area is 96.2 Å². The summed E-state index contributed by atoms with van der Waals surface area (Å²) in [5, 5.41) is 0. The molecule has 3 nitrogen and oxygen atoms in total. The van der Waals surface area contributed by atoms with Crippen LogP contribution >= 0.6 is 24.8 Å². The Bertz CT molecular complexity index is 279. The summed E-state index contributed by atoms with van der Waals surface area (Å²) < 4.78 is 5.04. The number of aromatic nitrogens is 1. The molecule has 0 fully saturated rings. The van der Waals surface area contributed by atoms with Gasteiger partial charge in [0.25, 0.3) is 0 Å². The zero-order valence-electron chi connectivity index (χ0n) is 7.84. The van der Waals surface area contributed by atoms with Gasteiger partial charge in [0.05, 0.1) is 7.11 Å². The van der Waals surface area contributed by atoms with Crippen LogP contribution in [-0.4, -0.2) is 18.6 Å². The second-order valence-electron chi connectivity index (χ2n) is 2.24. The molecule has 0 aliphatic carbocycles. The van der Waals surface area contributed by atoms with E-state index < -0.39 is 0 Å². The first-order valence-electron chi connectivity index (χ1n) is 3.74. The van der Waals surface area contributed by atoms with E-state index in [0.717, 1.165) is 5.56 Å². The molecular weight excluding hydrogens is 223 g/mol. The number of nitrogens with zero attached hydrogens (tertiary/aromatic N) is 1. The highest BCUT2D eigenvalue weighted by atomic mass is 35.5. The van der Waals surface area contributed by atoms with E-state index in [4.69, 9.17) is 10.5 Å². The fourth-order valence-electron chi connectivity index (χ4n) is 0.896. The zero-order chi connectivity index (χ0) is 8.81. The van der Waals surface area contributed by atoms with Crippen LogP contribution in [0.3, 0.4) is 0 Å². The lowest BCUT2D eigenvalue weighted by Crippen LogP contribution is -1.93. The number of rotatable bonds is 3. The molecule has 1 aromatic heterocycles. The van der Waals surface area contributed by atoms with Crippen molar-refractivity contribution in [1.82, 2.24) is 4.98 Å². The van der Waals surface area contributed by atoms with E-state index in [1.807, 2.05) is 24.3 Å². The molecule has 2 N–H and O–H groups in total. The summed E-state index contributed by atoms with van der Waals surface area (Å²) in [6.45, 7) is 0.526. The van der Waals surface area contributed by atoms with E-state index in [-0.39, 0.29) is 24.8 Å². The van der Waals surface area contributed by atoms with Crippen LogP contribution in [-0.2, 0) is 0 Å². The maximum atomic E-state index is 5.32. The Balaban J connectivity index is 0. The smallest absolute Gasteiger partial charge is 0.220 e. The van der Waals surface area contributed by atoms with Crippen LogP contribution in [0, 0.1) is 0 Å². The van der Waals surface area contributed by atoms with Crippen LogP contribution in [0.2, 0.25) is 0 Å². The molecule has 1 rings (SSSR count). The van der Waals surface area contributed by atoms with Gasteiger partial charge in [0.1, 0.15) is 0 Å². The maximum Gasteiger partial charge on any atom is 0.220 e. The van der Waals surface area contributed by atoms with E-state index in [2.05, 4.69) is 4.98 Å². The van der Waals surface area contributed by atoms with Gasteiger partial charge in [-0.1, -0.05) is 12.2 Å². The van der Waals surface area contributed by atoms with Gasteiger partial charge >= 0.3 is 0 Å².